The highest BCUT2D eigenvalue weighted by Gasteiger charge is 2.30. The van der Waals surface area contributed by atoms with Crippen LogP contribution in [-0.4, -0.2) is 25.3 Å². The van der Waals surface area contributed by atoms with E-state index in [9.17, 15) is 4.79 Å². The molecule has 1 aliphatic heterocycles. The number of carbonyl (C=O) groups is 1. The zero-order valence-electron chi connectivity index (χ0n) is 17.5. The molecule has 0 aromatic heterocycles. The Morgan fingerprint density at radius 1 is 1.04 bits per heavy atom. The van der Waals surface area contributed by atoms with Gasteiger partial charge in [-0.15, -0.1) is 0 Å². The summed E-state index contributed by atoms with van der Waals surface area (Å²) in [6.45, 7) is 2.83. The summed E-state index contributed by atoms with van der Waals surface area (Å²) >= 11 is 9.15. The molecule has 2 atom stereocenters. The molecule has 7 heteroatoms. The van der Waals surface area contributed by atoms with E-state index < -0.39 is 5.69 Å². The van der Waals surface area contributed by atoms with Crippen LogP contribution in [0.2, 0.25) is 0 Å². The third-order valence-corrected chi connectivity index (χ3v) is 7.02. The van der Waals surface area contributed by atoms with Gasteiger partial charge in [-0.2, -0.15) is 0 Å². The van der Waals surface area contributed by atoms with Crippen molar-refractivity contribution in [2.75, 3.05) is 13.2 Å². The molecule has 4 nitrogen and oxygen atoms in total. The van der Waals surface area contributed by atoms with Crippen molar-refractivity contribution in [2.45, 2.75) is 103 Å². The summed E-state index contributed by atoms with van der Waals surface area (Å²) in [4.78, 5) is 11.7. The molecule has 1 rings (SSSR count). The topological polar surface area (TPSA) is 44.8 Å². The maximum absolute atomic E-state index is 11.7. The maximum atomic E-state index is 11.7. The van der Waals surface area contributed by atoms with Crippen LogP contribution in [0.3, 0.4) is 0 Å². The number of thiol groups is 1. The molecule has 28 heavy (non-hydrogen) atoms. The fourth-order valence-corrected chi connectivity index (χ4v) is 5.16. The van der Waals surface area contributed by atoms with Crippen molar-refractivity contribution >= 4 is 35.7 Å². The van der Waals surface area contributed by atoms with E-state index in [1.54, 1.807) is 0 Å². The minimum atomic E-state index is -2.38. The first-order valence-electron chi connectivity index (χ1n) is 11.0. The first kappa shape index (κ1) is 26.2. The molecule has 1 saturated heterocycles. The molecule has 1 aliphatic rings. The minimum Gasteiger partial charge on any atom is -0.463 e. The van der Waals surface area contributed by atoms with E-state index in [1.165, 1.54) is 70.6 Å². The molecule has 0 aromatic rings. The Kier molecular flexibility index (Phi) is 15.8. The first-order chi connectivity index (χ1) is 13.5. The predicted octanol–water partition coefficient (Wildman–Crippen LogP) is 7.14. The van der Waals surface area contributed by atoms with Crippen LogP contribution in [0.5, 0.6) is 0 Å². The van der Waals surface area contributed by atoms with Crippen molar-refractivity contribution in [3.05, 3.63) is 12.2 Å². The van der Waals surface area contributed by atoms with Crippen molar-refractivity contribution in [1.82, 2.24) is 0 Å². The summed E-state index contributed by atoms with van der Waals surface area (Å²) in [5, 5.41) is 0. The number of unbranched alkanes of at least 4 members (excludes halogenated alkanes) is 11. The Balaban J connectivity index is 1.81. The van der Waals surface area contributed by atoms with Crippen molar-refractivity contribution in [1.29, 1.82) is 0 Å². The average molecular weight is 451 g/mol. The first-order valence-corrected chi connectivity index (χ1v) is 14.8. The second-order valence-corrected chi connectivity index (χ2v) is 12.7. The quantitative estimate of drug-likeness (QED) is 0.0839. The van der Waals surface area contributed by atoms with Crippen LogP contribution in [0.15, 0.2) is 12.2 Å². The number of esters is 1. The minimum absolute atomic E-state index is 0.166. The van der Waals surface area contributed by atoms with Crippen molar-refractivity contribution in [3.63, 3.8) is 0 Å². The van der Waals surface area contributed by atoms with Crippen LogP contribution < -0.4 is 0 Å². The van der Waals surface area contributed by atoms with Gasteiger partial charge in [0, 0.05) is 6.42 Å². The van der Waals surface area contributed by atoms with Crippen LogP contribution in [-0.2, 0) is 30.4 Å². The van der Waals surface area contributed by atoms with Crippen LogP contribution in [0.4, 0.5) is 0 Å². The molecule has 164 valence electrons. The van der Waals surface area contributed by atoms with Crippen molar-refractivity contribution < 1.29 is 18.6 Å². The van der Waals surface area contributed by atoms with Crippen LogP contribution in [0, 0.1) is 0 Å². The van der Waals surface area contributed by atoms with E-state index in [-0.39, 0.29) is 18.7 Å². The molecule has 0 spiro atoms. The molecule has 0 aromatic carbocycles. The molecule has 2 unspecified atom stereocenters. The van der Waals surface area contributed by atoms with Crippen LogP contribution >= 0.6 is 17.9 Å². The van der Waals surface area contributed by atoms with E-state index in [1.807, 2.05) is 0 Å². The molecular weight excluding hydrogens is 411 g/mol. The molecule has 0 radical (unpaired) electrons. The lowest BCUT2D eigenvalue weighted by molar-refractivity contribution is -0.145. The molecule has 0 N–H and O–H groups in total. The third kappa shape index (κ3) is 15.0. The van der Waals surface area contributed by atoms with E-state index in [0.29, 0.717) is 13.0 Å². The molecule has 0 bridgehead atoms. The van der Waals surface area contributed by atoms with Gasteiger partial charge in [0.15, 0.2) is 0 Å². The summed E-state index contributed by atoms with van der Waals surface area (Å²) in [6.07, 6.45) is 21.1. The Hall–Kier alpha value is 0.130. The smallest absolute Gasteiger partial charge is 0.305 e. The molecular formula is C21H39O4PS2. The Labute approximate surface area is 182 Å². The SMILES string of the molecule is CCCCCCCC/C=C\CCCCCCCC(=O)OCC1COP(=S)(S)O1. The Morgan fingerprint density at radius 3 is 2.18 bits per heavy atom. The van der Waals surface area contributed by atoms with Crippen molar-refractivity contribution in [2.24, 2.45) is 0 Å². The lowest BCUT2D eigenvalue weighted by atomic mass is 10.1. The highest BCUT2D eigenvalue weighted by atomic mass is 32.9. The molecule has 0 amide bonds. The number of hydrogen-bond donors (Lipinski definition) is 1. The summed E-state index contributed by atoms with van der Waals surface area (Å²) in [7, 11) is 0. The summed E-state index contributed by atoms with van der Waals surface area (Å²) in [5.74, 6) is -0.166. The van der Waals surface area contributed by atoms with Gasteiger partial charge in [0.25, 0.3) is 0 Å². The standard InChI is InChI=1S/C21H39O4PS2/c1-2-3-4-5-6-7-8-9-10-11-12-13-14-15-16-17-21(22)23-18-20-19-24-26(27,28)25-20/h9-10,20H,2-8,11-19H2,1H3,(H,27,28)/b10-9-. The van der Waals surface area contributed by atoms with Gasteiger partial charge in [0.1, 0.15) is 12.7 Å². The molecule has 0 saturated carbocycles. The zero-order chi connectivity index (χ0) is 20.5. The van der Waals surface area contributed by atoms with Gasteiger partial charge in [-0.05, 0) is 43.9 Å². The molecule has 1 fully saturated rings. The second kappa shape index (κ2) is 16.9. The zero-order valence-corrected chi connectivity index (χ0v) is 20.1. The van der Waals surface area contributed by atoms with Gasteiger partial charge in [-0.1, -0.05) is 82.7 Å². The lowest BCUT2D eigenvalue weighted by Crippen LogP contribution is -2.20. The van der Waals surface area contributed by atoms with Crippen molar-refractivity contribution in [3.8, 4) is 0 Å². The third-order valence-electron chi connectivity index (χ3n) is 4.78. The van der Waals surface area contributed by atoms with Gasteiger partial charge < -0.3 is 13.8 Å². The van der Waals surface area contributed by atoms with Gasteiger partial charge in [-0.3, -0.25) is 4.79 Å². The number of ether oxygens (including phenoxy) is 1. The fraction of sp³-hybridized carbons (Fsp3) is 0.857. The van der Waals surface area contributed by atoms with Gasteiger partial charge in [-0.25, -0.2) is 0 Å². The summed E-state index contributed by atoms with van der Waals surface area (Å²) in [5.41, 5.74) is -2.38. The maximum Gasteiger partial charge on any atom is 0.305 e. The highest BCUT2D eigenvalue weighted by Crippen LogP contribution is 2.58. The molecule has 0 aliphatic carbocycles. The van der Waals surface area contributed by atoms with E-state index in [0.717, 1.165) is 12.8 Å². The fourth-order valence-electron chi connectivity index (χ4n) is 3.10. The number of carbonyl (C=O) groups excluding carboxylic acids is 1. The number of allylic oxidation sites excluding steroid dienone is 2. The van der Waals surface area contributed by atoms with E-state index in [4.69, 9.17) is 25.6 Å². The highest BCUT2D eigenvalue weighted by molar-refractivity contribution is 8.60. The lowest BCUT2D eigenvalue weighted by Gasteiger charge is -2.10. The van der Waals surface area contributed by atoms with Gasteiger partial charge in [0.05, 0.1) is 6.61 Å². The van der Waals surface area contributed by atoms with Crippen LogP contribution in [0.25, 0.3) is 0 Å². The van der Waals surface area contributed by atoms with Crippen LogP contribution in [0.1, 0.15) is 96.8 Å². The molecule has 1 heterocycles. The predicted molar refractivity (Wildman–Crippen MR) is 125 cm³/mol. The Bertz CT molecular complexity index is 485. The Morgan fingerprint density at radius 2 is 1.61 bits per heavy atom. The normalized spacial score (nSPS) is 22.1. The average Bonchev–Trinajstić information content (AvgIpc) is 3.02. The summed E-state index contributed by atoms with van der Waals surface area (Å²) < 4.78 is 15.9. The number of rotatable bonds is 17. The number of hydrogen-bond acceptors (Lipinski definition) is 5. The van der Waals surface area contributed by atoms with Gasteiger partial charge in [0.2, 0.25) is 5.69 Å². The summed E-state index contributed by atoms with van der Waals surface area (Å²) in [6, 6.07) is 0. The van der Waals surface area contributed by atoms with Gasteiger partial charge >= 0.3 is 5.97 Å². The monoisotopic (exact) mass is 450 g/mol. The van der Waals surface area contributed by atoms with E-state index in [2.05, 4.69) is 31.3 Å². The second-order valence-electron chi connectivity index (χ2n) is 7.51. The largest absolute Gasteiger partial charge is 0.463 e. The van der Waals surface area contributed by atoms with E-state index >= 15 is 0 Å².